The predicted molar refractivity (Wildman–Crippen MR) is 82.1 cm³/mol. The second-order valence-corrected chi connectivity index (χ2v) is 5.98. The van der Waals surface area contributed by atoms with E-state index in [4.69, 9.17) is 0 Å². The molecule has 0 atom stereocenters. The molecule has 0 aromatic carbocycles. The van der Waals surface area contributed by atoms with Crippen molar-refractivity contribution in [2.24, 2.45) is 14.1 Å². The van der Waals surface area contributed by atoms with Crippen molar-refractivity contribution in [2.45, 2.75) is 25.3 Å². The first-order valence-electron chi connectivity index (χ1n) is 7.48. The number of nitrogens with zero attached hydrogens (tertiary/aromatic N) is 4. The zero-order valence-electron chi connectivity index (χ0n) is 12.7. The predicted octanol–water partition coefficient (Wildman–Crippen LogP) is 1.50. The summed E-state index contributed by atoms with van der Waals surface area (Å²) in [5, 5.41) is 4.26. The van der Waals surface area contributed by atoms with E-state index in [-0.39, 0.29) is 5.56 Å². The van der Waals surface area contributed by atoms with Gasteiger partial charge in [0.1, 0.15) is 0 Å². The molecule has 0 spiro atoms. The van der Waals surface area contributed by atoms with Crippen LogP contribution >= 0.6 is 0 Å². The van der Waals surface area contributed by atoms with Crippen LogP contribution in [0.4, 0.5) is 0 Å². The summed E-state index contributed by atoms with van der Waals surface area (Å²) in [5.41, 5.74) is 2.53. The maximum Gasteiger partial charge on any atom is 0.250 e. The summed E-state index contributed by atoms with van der Waals surface area (Å²) in [6.07, 6.45) is 8.29. The molecule has 0 amide bonds. The molecule has 3 rings (SSSR count). The molecule has 1 aliphatic rings. The van der Waals surface area contributed by atoms with Gasteiger partial charge < -0.3 is 4.57 Å². The molecule has 0 saturated carbocycles. The Hall–Kier alpha value is -1.88. The number of likely N-dealkylation sites (tertiary alicyclic amines) is 1. The second kappa shape index (κ2) is 5.85. The summed E-state index contributed by atoms with van der Waals surface area (Å²) in [5.74, 6) is 0.624. The van der Waals surface area contributed by atoms with Crippen LogP contribution in [0, 0.1) is 0 Å². The first-order valence-corrected chi connectivity index (χ1v) is 7.48. The Balaban J connectivity index is 1.58. The van der Waals surface area contributed by atoms with Crippen LogP contribution in [0.2, 0.25) is 0 Å². The Morgan fingerprint density at radius 2 is 2.05 bits per heavy atom. The summed E-state index contributed by atoms with van der Waals surface area (Å²) in [4.78, 5) is 14.1. The lowest BCUT2D eigenvalue weighted by Gasteiger charge is -2.31. The molecule has 0 radical (unpaired) electrons. The van der Waals surface area contributed by atoms with Crippen molar-refractivity contribution in [1.29, 1.82) is 0 Å². The number of piperidine rings is 1. The highest BCUT2D eigenvalue weighted by molar-refractivity contribution is 5.14. The fourth-order valence-electron chi connectivity index (χ4n) is 3.02. The minimum absolute atomic E-state index is 0.0674. The molecule has 1 saturated heterocycles. The van der Waals surface area contributed by atoms with E-state index >= 15 is 0 Å². The fourth-order valence-corrected chi connectivity index (χ4v) is 3.02. The minimum Gasteiger partial charge on any atom is -0.319 e. The first-order chi connectivity index (χ1) is 10.1. The van der Waals surface area contributed by atoms with Gasteiger partial charge in [0, 0.05) is 39.1 Å². The Morgan fingerprint density at radius 3 is 2.67 bits per heavy atom. The Morgan fingerprint density at radius 1 is 1.29 bits per heavy atom. The lowest BCUT2D eigenvalue weighted by molar-refractivity contribution is 0.204. The number of aromatic nitrogens is 3. The highest BCUT2D eigenvalue weighted by Gasteiger charge is 2.21. The van der Waals surface area contributed by atoms with Crippen molar-refractivity contribution in [1.82, 2.24) is 19.2 Å². The van der Waals surface area contributed by atoms with Crippen molar-refractivity contribution in [3.63, 3.8) is 0 Å². The van der Waals surface area contributed by atoms with Gasteiger partial charge in [-0.2, -0.15) is 5.10 Å². The van der Waals surface area contributed by atoms with Gasteiger partial charge in [0.05, 0.1) is 6.20 Å². The van der Waals surface area contributed by atoms with E-state index in [9.17, 15) is 4.79 Å². The third kappa shape index (κ3) is 3.24. The summed E-state index contributed by atoms with van der Waals surface area (Å²) in [7, 11) is 3.75. The van der Waals surface area contributed by atoms with Gasteiger partial charge in [-0.3, -0.25) is 14.4 Å². The Kier molecular flexibility index (Phi) is 3.92. The molecule has 21 heavy (non-hydrogen) atoms. The smallest absolute Gasteiger partial charge is 0.250 e. The quantitative estimate of drug-likeness (QED) is 0.859. The third-order valence-electron chi connectivity index (χ3n) is 4.36. The van der Waals surface area contributed by atoms with E-state index in [1.807, 2.05) is 30.2 Å². The highest BCUT2D eigenvalue weighted by atomic mass is 16.1. The molecule has 112 valence electrons. The zero-order chi connectivity index (χ0) is 14.8. The van der Waals surface area contributed by atoms with Crippen molar-refractivity contribution in [3.05, 3.63) is 52.2 Å². The maximum absolute atomic E-state index is 11.7. The monoisotopic (exact) mass is 286 g/mol. The van der Waals surface area contributed by atoms with E-state index in [0.717, 1.165) is 38.0 Å². The third-order valence-corrected chi connectivity index (χ3v) is 4.36. The summed E-state index contributed by atoms with van der Waals surface area (Å²) < 4.78 is 3.49. The van der Waals surface area contributed by atoms with Crippen LogP contribution in [0.5, 0.6) is 0 Å². The lowest BCUT2D eigenvalue weighted by atomic mass is 9.91. The van der Waals surface area contributed by atoms with E-state index in [2.05, 4.69) is 16.2 Å². The van der Waals surface area contributed by atoms with Crippen molar-refractivity contribution >= 4 is 0 Å². The van der Waals surface area contributed by atoms with Gasteiger partial charge in [0.15, 0.2) is 0 Å². The second-order valence-electron chi connectivity index (χ2n) is 5.98. The minimum atomic E-state index is 0.0674. The van der Waals surface area contributed by atoms with Gasteiger partial charge in [-0.05, 0) is 49.0 Å². The maximum atomic E-state index is 11.7. The summed E-state index contributed by atoms with van der Waals surface area (Å²) in [6, 6.07) is 3.78. The normalized spacial score (nSPS) is 17.2. The standard InChI is InChI=1S/C16H22N4O/c1-18-6-3-13(9-16(18)21)11-20-7-4-14(5-8-20)15-10-17-19(2)12-15/h3,6,9-10,12,14H,4-5,7-8,11H2,1-2H3. The van der Waals surface area contributed by atoms with Gasteiger partial charge in [0.2, 0.25) is 0 Å². The highest BCUT2D eigenvalue weighted by Crippen LogP contribution is 2.28. The molecule has 1 aliphatic heterocycles. The van der Waals surface area contributed by atoms with Gasteiger partial charge in [-0.25, -0.2) is 0 Å². The lowest BCUT2D eigenvalue weighted by Crippen LogP contribution is -2.32. The average Bonchev–Trinajstić information content (AvgIpc) is 2.90. The van der Waals surface area contributed by atoms with E-state index in [1.165, 1.54) is 5.56 Å². The Labute approximate surface area is 124 Å². The summed E-state index contributed by atoms with van der Waals surface area (Å²) >= 11 is 0. The van der Waals surface area contributed by atoms with Gasteiger partial charge in [-0.15, -0.1) is 0 Å². The fraction of sp³-hybridized carbons (Fsp3) is 0.500. The Bertz CT molecular complexity index is 665. The molecule has 2 aromatic heterocycles. The van der Waals surface area contributed by atoms with Crippen molar-refractivity contribution in [2.75, 3.05) is 13.1 Å². The number of hydrogen-bond donors (Lipinski definition) is 0. The molecule has 0 N–H and O–H groups in total. The SMILES string of the molecule is Cn1cc(C2CCN(Cc3ccn(C)c(=O)c3)CC2)cn1. The summed E-state index contributed by atoms with van der Waals surface area (Å²) in [6.45, 7) is 3.03. The average molecular weight is 286 g/mol. The van der Waals surface area contributed by atoms with Gasteiger partial charge >= 0.3 is 0 Å². The molecule has 0 aliphatic carbocycles. The molecule has 3 heterocycles. The van der Waals surface area contributed by atoms with Gasteiger partial charge in [0.25, 0.3) is 5.56 Å². The molecule has 2 aromatic rings. The first kappa shape index (κ1) is 14.1. The molecule has 1 fully saturated rings. The van der Waals surface area contributed by atoms with Crippen molar-refractivity contribution < 1.29 is 0 Å². The van der Waals surface area contributed by atoms with E-state index in [1.54, 1.807) is 17.7 Å². The molecule has 5 heteroatoms. The molecular formula is C16H22N4O. The van der Waals surface area contributed by atoms with Crippen LogP contribution in [0.15, 0.2) is 35.5 Å². The largest absolute Gasteiger partial charge is 0.319 e. The van der Waals surface area contributed by atoms with Crippen LogP contribution in [0.3, 0.4) is 0 Å². The molecular weight excluding hydrogens is 264 g/mol. The van der Waals surface area contributed by atoms with E-state index in [0.29, 0.717) is 5.92 Å². The van der Waals surface area contributed by atoms with Gasteiger partial charge in [-0.1, -0.05) is 0 Å². The van der Waals surface area contributed by atoms with Crippen LogP contribution in [0.1, 0.15) is 29.9 Å². The number of rotatable bonds is 3. The van der Waals surface area contributed by atoms with Crippen LogP contribution in [-0.4, -0.2) is 32.3 Å². The topological polar surface area (TPSA) is 43.1 Å². The number of pyridine rings is 1. The van der Waals surface area contributed by atoms with Crippen LogP contribution in [0.25, 0.3) is 0 Å². The molecule has 0 bridgehead atoms. The van der Waals surface area contributed by atoms with E-state index < -0.39 is 0 Å². The van der Waals surface area contributed by atoms with Crippen molar-refractivity contribution in [3.8, 4) is 0 Å². The molecule has 0 unspecified atom stereocenters. The molecule has 5 nitrogen and oxygen atoms in total. The number of hydrogen-bond acceptors (Lipinski definition) is 3. The zero-order valence-corrected chi connectivity index (χ0v) is 12.7. The van der Waals surface area contributed by atoms with Crippen LogP contribution in [-0.2, 0) is 20.6 Å². The van der Waals surface area contributed by atoms with Crippen LogP contribution < -0.4 is 5.56 Å². The number of aryl methyl sites for hydroxylation is 2.